The van der Waals surface area contributed by atoms with E-state index in [4.69, 9.17) is 26.4 Å². The van der Waals surface area contributed by atoms with Crippen molar-refractivity contribution in [3.05, 3.63) is 70.4 Å². The van der Waals surface area contributed by atoms with Gasteiger partial charge in [0.15, 0.2) is 11.6 Å². The quantitative estimate of drug-likeness (QED) is 0.686. The van der Waals surface area contributed by atoms with E-state index < -0.39 is 0 Å². The molecule has 6 nitrogen and oxygen atoms in total. The lowest BCUT2D eigenvalue weighted by Crippen LogP contribution is -2.31. The van der Waals surface area contributed by atoms with Gasteiger partial charge >= 0.3 is 0 Å². The van der Waals surface area contributed by atoms with Gasteiger partial charge in [-0.15, -0.1) is 5.10 Å². The highest BCUT2D eigenvalue weighted by atomic mass is 35.5. The largest absolute Gasteiger partial charge is 0.497 e. The number of carbonyl (C=O) groups excluding carboxylic acids is 1. The molecule has 0 radical (unpaired) electrons. The molecule has 1 aliphatic carbocycles. The van der Waals surface area contributed by atoms with Crippen molar-refractivity contribution in [1.29, 1.82) is 0 Å². The first-order valence-electron chi connectivity index (χ1n) is 9.54. The van der Waals surface area contributed by atoms with Gasteiger partial charge < -0.3 is 10.1 Å². The van der Waals surface area contributed by atoms with E-state index in [0.29, 0.717) is 23.2 Å². The van der Waals surface area contributed by atoms with Crippen LogP contribution in [0.5, 0.6) is 5.75 Å². The zero-order chi connectivity index (χ0) is 20.0. The molecule has 2 aliphatic rings. The zero-order valence-corrected chi connectivity index (χ0v) is 16.6. The molecule has 7 heteroatoms. The average Bonchev–Trinajstić information content (AvgIpc) is 3.17. The fourth-order valence-corrected chi connectivity index (χ4v) is 4.10. The summed E-state index contributed by atoms with van der Waals surface area (Å²) in [4.78, 5) is 17.6. The number of fused-ring (bicyclic) bond motifs is 1. The molecule has 2 heterocycles. The first-order chi connectivity index (χ1) is 14.1. The molecule has 0 saturated heterocycles. The van der Waals surface area contributed by atoms with Gasteiger partial charge in [-0.3, -0.25) is 4.79 Å². The van der Waals surface area contributed by atoms with Crippen LogP contribution in [0.3, 0.4) is 0 Å². The lowest BCUT2D eigenvalue weighted by atomic mass is 9.85. The van der Waals surface area contributed by atoms with Crippen molar-refractivity contribution >= 4 is 23.3 Å². The molecule has 0 spiro atoms. The number of ether oxygens (including phenoxy) is 1. The maximum atomic E-state index is 12.9. The number of anilines is 1. The average molecular weight is 407 g/mol. The van der Waals surface area contributed by atoms with Crippen molar-refractivity contribution in [2.24, 2.45) is 0 Å². The number of hydrogen-bond acceptors (Lipinski definition) is 5. The summed E-state index contributed by atoms with van der Waals surface area (Å²) in [6.45, 7) is 0. The van der Waals surface area contributed by atoms with Crippen LogP contribution in [-0.4, -0.2) is 27.7 Å². The molecular formula is C22H19ClN4O2. The number of allylic oxidation sites excluding steroid dienone is 2. The van der Waals surface area contributed by atoms with Gasteiger partial charge in [0.1, 0.15) is 11.8 Å². The number of aromatic nitrogens is 3. The Kier molecular flexibility index (Phi) is 4.36. The van der Waals surface area contributed by atoms with Gasteiger partial charge in [0, 0.05) is 28.3 Å². The Bertz CT molecular complexity index is 1120. The second kappa shape index (κ2) is 7.04. The van der Waals surface area contributed by atoms with Crippen LogP contribution < -0.4 is 10.1 Å². The maximum absolute atomic E-state index is 12.9. The van der Waals surface area contributed by atoms with Crippen LogP contribution in [0, 0.1) is 0 Å². The number of nitrogens with one attached hydrogen (secondary N) is 1. The summed E-state index contributed by atoms with van der Waals surface area (Å²) in [5, 5.41) is 8.77. The molecule has 5 rings (SSSR count). The maximum Gasteiger partial charge on any atom is 0.226 e. The van der Waals surface area contributed by atoms with E-state index in [2.05, 4.69) is 5.32 Å². The van der Waals surface area contributed by atoms with Crippen molar-refractivity contribution in [3.8, 4) is 17.1 Å². The van der Waals surface area contributed by atoms with Gasteiger partial charge in [-0.25, -0.2) is 4.68 Å². The molecule has 1 unspecified atom stereocenters. The van der Waals surface area contributed by atoms with E-state index in [1.54, 1.807) is 7.11 Å². The number of benzene rings is 2. The minimum absolute atomic E-state index is 0.161. The van der Waals surface area contributed by atoms with Gasteiger partial charge in [-0.05, 0) is 54.8 Å². The topological polar surface area (TPSA) is 69.0 Å². The van der Waals surface area contributed by atoms with Gasteiger partial charge in [0.2, 0.25) is 5.95 Å². The predicted molar refractivity (Wildman–Crippen MR) is 111 cm³/mol. The van der Waals surface area contributed by atoms with E-state index in [1.807, 2.05) is 53.2 Å². The van der Waals surface area contributed by atoms with Crippen molar-refractivity contribution in [3.63, 3.8) is 0 Å². The number of hydrogen-bond donors (Lipinski definition) is 1. The van der Waals surface area contributed by atoms with Crippen LogP contribution in [0.1, 0.15) is 30.9 Å². The Morgan fingerprint density at radius 3 is 2.59 bits per heavy atom. The first-order valence-corrected chi connectivity index (χ1v) is 9.91. The molecule has 146 valence electrons. The summed E-state index contributed by atoms with van der Waals surface area (Å²) in [6, 6.07) is 14.9. The Morgan fingerprint density at radius 1 is 1.10 bits per heavy atom. The fourth-order valence-electron chi connectivity index (χ4n) is 3.97. The van der Waals surface area contributed by atoms with E-state index in [0.717, 1.165) is 41.0 Å². The minimum atomic E-state index is -0.312. The molecule has 0 bridgehead atoms. The van der Waals surface area contributed by atoms with E-state index in [-0.39, 0.29) is 11.8 Å². The van der Waals surface area contributed by atoms with Crippen LogP contribution in [0.25, 0.3) is 11.4 Å². The van der Waals surface area contributed by atoms with Gasteiger partial charge in [-0.2, -0.15) is 4.98 Å². The zero-order valence-electron chi connectivity index (χ0n) is 15.9. The Hall–Kier alpha value is -3.12. The summed E-state index contributed by atoms with van der Waals surface area (Å²) in [6.07, 6.45) is 2.23. The van der Waals surface area contributed by atoms with Crippen molar-refractivity contribution in [2.45, 2.75) is 25.3 Å². The van der Waals surface area contributed by atoms with E-state index >= 15 is 0 Å². The molecule has 1 atom stereocenters. The molecule has 1 N–H and O–H groups in total. The molecule has 3 aromatic rings. The number of rotatable bonds is 3. The third-order valence-electron chi connectivity index (χ3n) is 5.40. The number of nitrogens with zero attached hydrogens (tertiary/aromatic N) is 3. The number of Topliss-reactive ketones (excluding diaryl/α,β-unsaturated/α-hetero) is 1. The molecule has 29 heavy (non-hydrogen) atoms. The smallest absolute Gasteiger partial charge is 0.226 e. The van der Waals surface area contributed by atoms with Crippen LogP contribution in [0.2, 0.25) is 5.02 Å². The van der Waals surface area contributed by atoms with Crippen molar-refractivity contribution in [2.75, 3.05) is 12.4 Å². The minimum Gasteiger partial charge on any atom is -0.497 e. The molecular weight excluding hydrogens is 388 g/mol. The highest BCUT2D eigenvalue weighted by Gasteiger charge is 2.36. The predicted octanol–water partition coefficient (Wildman–Crippen LogP) is 4.63. The van der Waals surface area contributed by atoms with Gasteiger partial charge in [0.05, 0.1) is 7.11 Å². The normalized spacial score (nSPS) is 18.1. The fraction of sp³-hybridized carbons (Fsp3) is 0.227. The molecule has 0 saturated carbocycles. The number of carbonyl (C=O) groups is 1. The molecule has 0 fully saturated rings. The van der Waals surface area contributed by atoms with Crippen LogP contribution in [0.4, 0.5) is 5.95 Å². The molecule has 1 aromatic heterocycles. The monoisotopic (exact) mass is 406 g/mol. The first kappa shape index (κ1) is 17.9. The molecule has 0 amide bonds. The number of halogens is 1. The SMILES string of the molecule is COc1ccc(C2C3=C(CCCC3=O)Nc3nc(-c4ccc(Cl)cc4)nn32)cc1. The van der Waals surface area contributed by atoms with Gasteiger partial charge in [0.25, 0.3) is 0 Å². The van der Waals surface area contributed by atoms with Crippen molar-refractivity contribution < 1.29 is 9.53 Å². The summed E-state index contributed by atoms with van der Waals surface area (Å²) in [5.41, 5.74) is 3.57. The second-order valence-electron chi connectivity index (χ2n) is 7.18. The van der Waals surface area contributed by atoms with E-state index in [9.17, 15) is 4.79 Å². The summed E-state index contributed by atoms with van der Waals surface area (Å²) >= 11 is 6.01. The van der Waals surface area contributed by atoms with Crippen LogP contribution >= 0.6 is 11.6 Å². The second-order valence-corrected chi connectivity index (χ2v) is 7.62. The molecule has 2 aromatic carbocycles. The van der Waals surface area contributed by atoms with Gasteiger partial charge in [-0.1, -0.05) is 23.7 Å². The van der Waals surface area contributed by atoms with Crippen molar-refractivity contribution in [1.82, 2.24) is 14.8 Å². The Labute approximate surface area is 173 Å². The lowest BCUT2D eigenvalue weighted by molar-refractivity contribution is -0.116. The van der Waals surface area contributed by atoms with Crippen LogP contribution in [-0.2, 0) is 4.79 Å². The highest BCUT2D eigenvalue weighted by Crippen LogP contribution is 2.40. The molecule has 1 aliphatic heterocycles. The lowest BCUT2D eigenvalue weighted by Gasteiger charge is -2.32. The Balaban J connectivity index is 1.65. The third kappa shape index (κ3) is 3.09. The van der Waals surface area contributed by atoms with E-state index in [1.165, 1.54) is 0 Å². The highest BCUT2D eigenvalue weighted by molar-refractivity contribution is 6.30. The summed E-state index contributed by atoms with van der Waals surface area (Å²) < 4.78 is 7.10. The summed E-state index contributed by atoms with van der Waals surface area (Å²) in [7, 11) is 1.64. The number of ketones is 1. The standard InChI is InChI=1S/C22H19ClN4O2/c1-29-16-11-7-13(8-12-16)20-19-17(3-2-4-18(19)28)24-22-25-21(26-27(20)22)14-5-9-15(23)10-6-14/h5-12,20H,2-4H2,1H3,(H,24,25,26). The number of methoxy groups -OCH3 is 1. The summed E-state index contributed by atoms with van der Waals surface area (Å²) in [5.74, 6) is 2.17. The Morgan fingerprint density at radius 2 is 1.86 bits per heavy atom. The van der Waals surface area contributed by atoms with Crippen LogP contribution in [0.15, 0.2) is 59.8 Å². The third-order valence-corrected chi connectivity index (χ3v) is 5.65.